The van der Waals surface area contributed by atoms with Gasteiger partial charge in [0.2, 0.25) is 17.8 Å². The monoisotopic (exact) mass is 674 g/mol. The van der Waals surface area contributed by atoms with Crippen LogP contribution in [-0.2, 0) is 6.18 Å². The van der Waals surface area contributed by atoms with Gasteiger partial charge >= 0.3 is 12.4 Å². The molecule has 15 heteroatoms. The van der Waals surface area contributed by atoms with Crippen molar-refractivity contribution in [1.82, 2.24) is 29.9 Å². The molecule has 256 valence electrons. The van der Waals surface area contributed by atoms with E-state index in [-0.39, 0.29) is 29.0 Å². The van der Waals surface area contributed by atoms with Gasteiger partial charge in [-0.25, -0.2) is 15.0 Å². The number of anilines is 4. The zero-order valence-electron chi connectivity index (χ0n) is 25.4. The lowest BCUT2D eigenvalue weighted by atomic mass is 10.1. The van der Waals surface area contributed by atoms with Gasteiger partial charge in [-0.1, -0.05) is 26.0 Å². The molecule has 0 fully saturated rings. The van der Waals surface area contributed by atoms with E-state index in [1.807, 2.05) is 74.8 Å². The number of fused-ring (bicyclic) bond motifs is 3. The van der Waals surface area contributed by atoms with Crippen LogP contribution in [-0.4, -0.2) is 42.7 Å². The fourth-order valence-corrected chi connectivity index (χ4v) is 4.41. The highest BCUT2D eigenvalue weighted by atomic mass is 19.4. The number of H-pyrrole nitrogens is 2. The average molecular weight is 675 g/mol. The van der Waals surface area contributed by atoms with E-state index >= 15 is 0 Å². The summed E-state index contributed by atoms with van der Waals surface area (Å²) in [6.45, 7) is 2.61. The SMILES string of the molecule is CC.FC(F)(F)COc1ccnc(Nc2ccc3[nH]ccc3c2)n1.FC(F)(F)c1ccc2cnc(Nc3ccc4cc[nH]c4c3)nc2c1.[HH].[HH].[HH].[HH]. The largest absolute Gasteiger partial charge is 0.468 e. The van der Waals surface area contributed by atoms with E-state index in [2.05, 4.69) is 45.3 Å². The van der Waals surface area contributed by atoms with Crippen molar-refractivity contribution in [3.05, 3.63) is 103 Å². The van der Waals surface area contributed by atoms with Gasteiger partial charge in [-0.15, -0.1) is 0 Å². The Labute approximate surface area is 275 Å². The highest BCUT2D eigenvalue weighted by Crippen LogP contribution is 2.31. The molecule has 9 nitrogen and oxygen atoms in total. The van der Waals surface area contributed by atoms with Crippen molar-refractivity contribution in [2.24, 2.45) is 0 Å². The van der Waals surface area contributed by atoms with Crippen LogP contribution in [0.1, 0.15) is 25.1 Å². The third-order valence-corrected chi connectivity index (χ3v) is 6.54. The minimum atomic E-state index is -4.40. The summed E-state index contributed by atoms with van der Waals surface area (Å²) in [5, 5.41) is 8.55. The van der Waals surface area contributed by atoms with Crippen molar-refractivity contribution in [3.8, 4) is 5.88 Å². The molecule has 0 aliphatic carbocycles. The van der Waals surface area contributed by atoms with Crippen LogP contribution in [0.3, 0.4) is 0 Å². The molecule has 0 atom stereocenters. The Morgan fingerprint density at radius 1 is 0.688 bits per heavy atom. The number of halogens is 6. The lowest BCUT2D eigenvalue weighted by Crippen LogP contribution is -2.19. The summed E-state index contributed by atoms with van der Waals surface area (Å²) >= 11 is 0. The number of hydrogen-bond acceptors (Lipinski definition) is 7. The predicted octanol–water partition coefficient (Wildman–Crippen LogP) is 10.5. The summed E-state index contributed by atoms with van der Waals surface area (Å²) in [6.07, 6.45) is -2.33. The summed E-state index contributed by atoms with van der Waals surface area (Å²) in [7, 11) is 0. The molecule has 48 heavy (non-hydrogen) atoms. The van der Waals surface area contributed by atoms with Crippen molar-refractivity contribution in [2.45, 2.75) is 26.2 Å². The predicted molar refractivity (Wildman–Crippen MR) is 181 cm³/mol. The van der Waals surface area contributed by atoms with E-state index in [0.29, 0.717) is 5.39 Å². The van der Waals surface area contributed by atoms with E-state index in [1.165, 1.54) is 24.5 Å². The quantitative estimate of drug-likeness (QED) is 0.130. The Morgan fingerprint density at radius 3 is 2.10 bits per heavy atom. The van der Waals surface area contributed by atoms with Crippen molar-refractivity contribution < 1.29 is 36.8 Å². The number of ether oxygens (including phenoxy) is 1. The number of alkyl halides is 6. The minimum Gasteiger partial charge on any atom is -0.468 e. The van der Waals surface area contributed by atoms with Gasteiger partial charge in [-0.2, -0.15) is 31.3 Å². The summed E-state index contributed by atoms with van der Waals surface area (Å²) in [4.78, 5) is 22.3. The number of hydrogen-bond donors (Lipinski definition) is 4. The van der Waals surface area contributed by atoms with Gasteiger partial charge in [0.25, 0.3) is 0 Å². The lowest BCUT2D eigenvalue weighted by molar-refractivity contribution is -0.154. The third-order valence-electron chi connectivity index (χ3n) is 6.54. The van der Waals surface area contributed by atoms with Crippen molar-refractivity contribution >= 4 is 56.0 Å². The number of aromatic nitrogens is 6. The number of benzene rings is 3. The first-order chi connectivity index (χ1) is 23.0. The van der Waals surface area contributed by atoms with E-state index in [1.54, 1.807) is 0 Å². The van der Waals surface area contributed by atoms with Crippen LogP contribution in [0.2, 0.25) is 0 Å². The van der Waals surface area contributed by atoms with E-state index in [0.717, 1.165) is 45.3 Å². The molecule has 4 heterocycles. The van der Waals surface area contributed by atoms with Gasteiger partial charge in [-0.05, 0) is 60.0 Å². The van der Waals surface area contributed by atoms with Gasteiger partial charge in [-0.3, -0.25) is 0 Å². The molecular formula is C33H36F6N8O. The lowest BCUT2D eigenvalue weighted by Gasteiger charge is -2.09. The zero-order valence-corrected chi connectivity index (χ0v) is 25.4. The summed E-state index contributed by atoms with van der Waals surface area (Å²) in [5.74, 6) is 0.264. The van der Waals surface area contributed by atoms with E-state index < -0.39 is 24.5 Å². The maximum absolute atomic E-state index is 12.8. The second kappa shape index (κ2) is 14.3. The summed E-state index contributed by atoms with van der Waals surface area (Å²) in [6, 6.07) is 19.8. The molecule has 3 aromatic carbocycles. The Kier molecular flexibility index (Phi) is 9.96. The van der Waals surface area contributed by atoms with Crippen LogP contribution in [0.25, 0.3) is 32.7 Å². The fraction of sp³-hybridized carbons (Fsp3) is 0.152. The summed E-state index contributed by atoms with van der Waals surface area (Å²) in [5.41, 5.74) is 2.90. The number of rotatable bonds is 6. The molecule has 0 spiro atoms. The highest BCUT2D eigenvalue weighted by Gasteiger charge is 2.30. The normalized spacial score (nSPS) is 11.4. The number of nitrogens with one attached hydrogen (secondary N) is 4. The Hall–Kier alpha value is -5.86. The second-order valence-electron chi connectivity index (χ2n) is 9.90. The standard InChI is InChI=1S/C17H11F3N4.C14H11F3N4O.C2H6.4H2/c18-17(19,20)12-3-1-11-9-22-16(24-15(11)7-12)23-13-4-2-10-5-6-21-14(10)8-13;15-14(16,17)8-22-12-4-6-19-13(21-12)20-10-1-2-11-9(7-10)3-5-18-11;1-2;;;;/h1-9,21H,(H,22,23,24);1-7,18H,8H2,(H,19,20,21);1-2H3;4*1H. The van der Waals surface area contributed by atoms with Gasteiger partial charge in [0.1, 0.15) is 0 Å². The van der Waals surface area contributed by atoms with Crippen molar-refractivity contribution in [2.75, 3.05) is 17.2 Å². The smallest absolute Gasteiger partial charge is 0.422 e. The second-order valence-corrected chi connectivity index (χ2v) is 9.90. The molecule has 4 aromatic heterocycles. The molecule has 7 aromatic rings. The van der Waals surface area contributed by atoms with E-state index in [9.17, 15) is 26.3 Å². The molecule has 0 saturated carbocycles. The highest BCUT2D eigenvalue weighted by molar-refractivity contribution is 5.85. The topological polar surface area (TPSA) is 116 Å². The van der Waals surface area contributed by atoms with Gasteiger partial charge < -0.3 is 25.3 Å². The molecular weight excluding hydrogens is 638 g/mol. The molecule has 0 aliphatic heterocycles. The maximum atomic E-state index is 12.8. The molecule has 0 amide bonds. The van der Waals surface area contributed by atoms with Crippen molar-refractivity contribution in [3.63, 3.8) is 0 Å². The van der Waals surface area contributed by atoms with Gasteiger partial charge in [0.05, 0.1) is 11.1 Å². The van der Waals surface area contributed by atoms with Crippen LogP contribution in [0.15, 0.2) is 97.6 Å². The third kappa shape index (κ3) is 8.69. The fourth-order valence-electron chi connectivity index (χ4n) is 4.41. The minimum absolute atomic E-state index is 0. The van der Waals surface area contributed by atoms with Crippen LogP contribution in [0, 0.1) is 0 Å². The zero-order chi connectivity index (χ0) is 34.3. The van der Waals surface area contributed by atoms with Crippen LogP contribution in [0.4, 0.5) is 49.6 Å². The van der Waals surface area contributed by atoms with Gasteiger partial charge in [0, 0.05) is 69.7 Å². The Balaban J connectivity index is 0.000000464. The van der Waals surface area contributed by atoms with Crippen molar-refractivity contribution in [1.29, 1.82) is 0 Å². The molecule has 4 N–H and O–H groups in total. The molecule has 0 radical (unpaired) electrons. The number of nitrogens with zero attached hydrogens (tertiary/aromatic N) is 4. The van der Waals surface area contributed by atoms with Crippen LogP contribution >= 0.6 is 0 Å². The molecule has 0 saturated heterocycles. The first kappa shape index (κ1) is 33.5. The molecule has 0 aliphatic rings. The molecule has 7 rings (SSSR count). The van der Waals surface area contributed by atoms with Gasteiger partial charge in [0.15, 0.2) is 6.61 Å². The summed E-state index contributed by atoms with van der Waals surface area (Å²) < 4.78 is 79.4. The molecule has 0 bridgehead atoms. The Morgan fingerprint density at radius 2 is 1.35 bits per heavy atom. The molecule has 0 unspecified atom stereocenters. The first-order valence-electron chi connectivity index (χ1n) is 14.5. The Bertz CT molecular complexity index is 2140. The first-order valence-corrected chi connectivity index (χ1v) is 14.5. The van der Waals surface area contributed by atoms with E-state index in [4.69, 9.17) is 0 Å². The maximum Gasteiger partial charge on any atom is 0.422 e. The average Bonchev–Trinajstić information content (AvgIpc) is 3.73. The van der Waals surface area contributed by atoms with Crippen LogP contribution < -0.4 is 15.4 Å². The van der Waals surface area contributed by atoms with Crippen LogP contribution in [0.5, 0.6) is 5.88 Å². The number of aromatic amines is 2.